The third-order valence-electron chi connectivity index (χ3n) is 7.31. The van der Waals surface area contributed by atoms with Crippen LogP contribution in [-0.2, 0) is 22.7 Å². The minimum atomic E-state index is -1.60. The fourth-order valence-electron chi connectivity index (χ4n) is 5.02. The van der Waals surface area contributed by atoms with Crippen molar-refractivity contribution in [2.75, 3.05) is 63.1 Å². The summed E-state index contributed by atoms with van der Waals surface area (Å²) in [6, 6.07) is 6.91. The molecule has 13 heteroatoms. The van der Waals surface area contributed by atoms with Gasteiger partial charge in [-0.1, -0.05) is 12.1 Å². The maximum Gasteiger partial charge on any atom is 0.255 e. The van der Waals surface area contributed by atoms with Gasteiger partial charge in [0.15, 0.2) is 12.2 Å². The molecule has 9 N–H and O–H groups in total. The molecule has 1 aliphatic rings. The standard InChI is InChI=1S/C30H45N5O8/c1-19-11-21(27(40)23(13-19)32-29(42)25(38)17-36)15-34-7-3-5-31-6-4-8-35(10-9-34)16-22-12-20(2)14-24(28(22)41)33-30(43)26(39)18-37/h11-14,25-26,31,36-41H,3-10,15-18H2,1-2H3,(H,32,42)(H,33,43). The number of carbonyl (C=O) groups is 2. The Morgan fingerprint density at radius 2 is 1.14 bits per heavy atom. The van der Waals surface area contributed by atoms with E-state index in [9.17, 15) is 30.0 Å². The first kappa shape index (κ1) is 34.2. The normalized spacial score (nSPS) is 17.1. The van der Waals surface area contributed by atoms with Gasteiger partial charge in [-0.25, -0.2) is 0 Å². The second kappa shape index (κ2) is 16.5. The lowest BCUT2D eigenvalue weighted by Gasteiger charge is -2.28. The number of carbonyl (C=O) groups excluding carboxylic acids is 2. The largest absolute Gasteiger partial charge is 0.505 e. The van der Waals surface area contributed by atoms with Gasteiger partial charge in [0.1, 0.15) is 11.5 Å². The minimum Gasteiger partial charge on any atom is -0.505 e. The highest BCUT2D eigenvalue weighted by Gasteiger charge is 2.21. The number of aromatic hydroxyl groups is 2. The molecule has 2 atom stereocenters. The average molecular weight is 604 g/mol. The molecule has 0 radical (unpaired) electrons. The maximum atomic E-state index is 12.1. The Labute approximate surface area is 251 Å². The van der Waals surface area contributed by atoms with Crippen molar-refractivity contribution in [3.8, 4) is 11.5 Å². The Hall–Kier alpha value is -3.30. The second-order valence-corrected chi connectivity index (χ2v) is 11.0. The molecule has 2 aromatic carbocycles. The smallest absolute Gasteiger partial charge is 0.255 e. The average Bonchev–Trinajstić information content (AvgIpc) is 3.02. The number of anilines is 2. The van der Waals surface area contributed by atoms with Gasteiger partial charge in [-0.3, -0.25) is 19.4 Å². The number of hydrogen-bond donors (Lipinski definition) is 9. The van der Waals surface area contributed by atoms with E-state index < -0.39 is 37.2 Å². The molecular weight excluding hydrogens is 558 g/mol. The molecule has 2 aromatic rings. The van der Waals surface area contributed by atoms with Crippen molar-refractivity contribution in [2.45, 2.75) is 52.0 Å². The van der Waals surface area contributed by atoms with Crippen molar-refractivity contribution in [2.24, 2.45) is 0 Å². The lowest BCUT2D eigenvalue weighted by Crippen LogP contribution is -2.36. The van der Waals surface area contributed by atoms with Crippen molar-refractivity contribution in [3.63, 3.8) is 0 Å². The van der Waals surface area contributed by atoms with Gasteiger partial charge in [0.2, 0.25) is 0 Å². The molecule has 1 heterocycles. The quantitative estimate of drug-likeness (QED) is 0.166. The van der Waals surface area contributed by atoms with Gasteiger partial charge in [0, 0.05) is 37.3 Å². The molecule has 0 aliphatic carbocycles. The second-order valence-electron chi connectivity index (χ2n) is 11.0. The van der Waals surface area contributed by atoms with Gasteiger partial charge in [-0.15, -0.1) is 0 Å². The van der Waals surface area contributed by atoms with E-state index in [0.29, 0.717) is 37.3 Å². The Morgan fingerprint density at radius 1 is 0.744 bits per heavy atom. The number of rotatable bonds is 10. The summed E-state index contributed by atoms with van der Waals surface area (Å²) in [5.41, 5.74) is 3.19. The Bertz CT molecular complexity index is 1150. The summed E-state index contributed by atoms with van der Waals surface area (Å²) in [7, 11) is 0. The molecule has 0 bridgehead atoms. The summed E-state index contributed by atoms with van der Waals surface area (Å²) >= 11 is 0. The number of phenols is 2. The fourth-order valence-corrected chi connectivity index (χ4v) is 5.02. The molecule has 2 unspecified atom stereocenters. The third kappa shape index (κ3) is 10.1. The molecule has 2 amide bonds. The van der Waals surface area contributed by atoms with Crippen molar-refractivity contribution in [1.29, 1.82) is 0 Å². The lowest BCUT2D eigenvalue weighted by atomic mass is 10.1. The van der Waals surface area contributed by atoms with Crippen LogP contribution in [0, 0.1) is 13.8 Å². The number of aryl methyl sites for hydroxylation is 2. The summed E-state index contributed by atoms with van der Waals surface area (Å²) in [5, 5.41) is 67.8. The van der Waals surface area contributed by atoms with Gasteiger partial charge in [0.05, 0.1) is 24.6 Å². The van der Waals surface area contributed by atoms with E-state index in [-0.39, 0.29) is 22.9 Å². The fraction of sp³-hybridized carbons (Fsp3) is 0.533. The summed E-state index contributed by atoms with van der Waals surface area (Å²) in [6.07, 6.45) is -1.42. The first-order valence-electron chi connectivity index (χ1n) is 14.5. The number of aliphatic hydroxyl groups excluding tert-OH is 4. The van der Waals surface area contributed by atoms with E-state index in [0.717, 1.165) is 50.1 Å². The van der Waals surface area contributed by atoms with Crippen LogP contribution in [-0.4, -0.2) is 117 Å². The Morgan fingerprint density at radius 3 is 1.51 bits per heavy atom. The Kier molecular flexibility index (Phi) is 13.1. The van der Waals surface area contributed by atoms with E-state index in [1.165, 1.54) is 0 Å². The zero-order chi connectivity index (χ0) is 31.5. The van der Waals surface area contributed by atoms with E-state index in [2.05, 4.69) is 25.8 Å². The van der Waals surface area contributed by atoms with Crippen LogP contribution in [0.5, 0.6) is 11.5 Å². The van der Waals surface area contributed by atoms with Crippen LogP contribution in [0.25, 0.3) is 0 Å². The number of nitrogens with one attached hydrogen (secondary N) is 3. The first-order chi connectivity index (χ1) is 20.5. The van der Waals surface area contributed by atoms with E-state index in [1.807, 2.05) is 26.0 Å². The van der Waals surface area contributed by atoms with E-state index in [1.54, 1.807) is 12.1 Å². The predicted molar refractivity (Wildman–Crippen MR) is 162 cm³/mol. The molecule has 1 fully saturated rings. The molecule has 3 rings (SSSR count). The summed E-state index contributed by atoms with van der Waals surface area (Å²) in [4.78, 5) is 28.7. The van der Waals surface area contributed by atoms with Crippen LogP contribution in [0.3, 0.4) is 0 Å². The van der Waals surface area contributed by atoms with Crippen LogP contribution < -0.4 is 16.0 Å². The van der Waals surface area contributed by atoms with Crippen molar-refractivity contribution >= 4 is 23.2 Å². The van der Waals surface area contributed by atoms with Crippen LogP contribution >= 0.6 is 0 Å². The molecule has 1 aliphatic heterocycles. The van der Waals surface area contributed by atoms with Crippen LogP contribution in [0.4, 0.5) is 11.4 Å². The van der Waals surface area contributed by atoms with Gasteiger partial charge < -0.3 is 46.6 Å². The molecule has 1 saturated heterocycles. The van der Waals surface area contributed by atoms with Crippen molar-refractivity contribution in [3.05, 3.63) is 46.5 Å². The number of benzene rings is 2. The third-order valence-corrected chi connectivity index (χ3v) is 7.31. The highest BCUT2D eigenvalue weighted by atomic mass is 16.3. The highest BCUT2D eigenvalue weighted by Crippen LogP contribution is 2.32. The molecule has 0 aromatic heterocycles. The number of phenolic OH excluding ortho intramolecular Hbond substituents is 2. The molecular formula is C30H45N5O8. The molecule has 13 nitrogen and oxygen atoms in total. The van der Waals surface area contributed by atoms with Gasteiger partial charge >= 0.3 is 0 Å². The topological polar surface area (TPSA) is 198 Å². The SMILES string of the molecule is Cc1cc(CN2CCCNCCCN(Cc3cc(C)cc(NC(=O)C(O)CO)c3O)CC2)c(O)c(NC(=O)C(O)CO)c1. The van der Waals surface area contributed by atoms with E-state index in [4.69, 9.17) is 10.2 Å². The number of aliphatic hydroxyl groups is 4. The van der Waals surface area contributed by atoms with Crippen LogP contribution in [0.1, 0.15) is 35.1 Å². The van der Waals surface area contributed by atoms with Gasteiger partial charge in [-0.05, 0) is 76.1 Å². The lowest BCUT2D eigenvalue weighted by molar-refractivity contribution is -0.126. The number of nitrogens with zero attached hydrogens (tertiary/aromatic N) is 2. The zero-order valence-corrected chi connectivity index (χ0v) is 24.8. The molecule has 0 spiro atoms. The minimum absolute atomic E-state index is 0.0982. The first-order valence-corrected chi connectivity index (χ1v) is 14.5. The van der Waals surface area contributed by atoms with Crippen LogP contribution in [0.2, 0.25) is 0 Å². The maximum absolute atomic E-state index is 12.1. The van der Waals surface area contributed by atoms with Crippen LogP contribution in [0.15, 0.2) is 24.3 Å². The van der Waals surface area contributed by atoms with Gasteiger partial charge in [0.25, 0.3) is 11.8 Å². The molecule has 43 heavy (non-hydrogen) atoms. The molecule has 0 saturated carbocycles. The van der Waals surface area contributed by atoms with Gasteiger partial charge in [-0.2, -0.15) is 0 Å². The summed E-state index contributed by atoms with van der Waals surface area (Å²) in [5.74, 6) is -1.81. The summed E-state index contributed by atoms with van der Waals surface area (Å²) < 4.78 is 0. The number of amides is 2. The van der Waals surface area contributed by atoms with Crippen molar-refractivity contribution < 1.29 is 40.2 Å². The molecule has 238 valence electrons. The number of hydrogen-bond acceptors (Lipinski definition) is 11. The Balaban J connectivity index is 1.78. The summed E-state index contributed by atoms with van der Waals surface area (Å²) in [6.45, 7) is 7.50. The predicted octanol–water partition coefficient (Wildman–Crippen LogP) is -0.0144. The zero-order valence-electron chi connectivity index (χ0n) is 24.8. The monoisotopic (exact) mass is 603 g/mol. The van der Waals surface area contributed by atoms with E-state index >= 15 is 0 Å². The highest BCUT2D eigenvalue weighted by molar-refractivity contribution is 5.96. The van der Waals surface area contributed by atoms with Crippen molar-refractivity contribution in [1.82, 2.24) is 15.1 Å².